The standard InChI is InChI=1S/C17H27N3O/c1-6-15-17(21)20(10-9-19(4)5)16(18-15)14-8-7-12(2)11-13(14)3/h7-8,11,15-16,18H,6,9-10H2,1-5H3. The van der Waals surface area contributed by atoms with Crippen LogP contribution in [-0.4, -0.2) is 48.9 Å². The molecule has 21 heavy (non-hydrogen) atoms. The Morgan fingerprint density at radius 2 is 2.00 bits per heavy atom. The molecule has 1 aliphatic rings. The number of benzene rings is 1. The van der Waals surface area contributed by atoms with E-state index in [0.29, 0.717) is 0 Å². The number of aryl methyl sites for hydroxylation is 2. The molecule has 2 unspecified atom stereocenters. The number of carbonyl (C=O) groups is 1. The molecule has 1 heterocycles. The molecule has 1 N–H and O–H groups in total. The second-order valence-electron chi connectivity index (χ2n) is 6.22. The van der Waals surface area contributed by atoms with Crippen LogP contribution in [-0.2, 0) is 4.79 Å². The molecule has 1 fully saturated rings. The highest BCUT2D eigenvalue weighted by atomic mass is 16.2. The van der Waals surface area contributed by atoms with Crippen molar-refractivity contribution in [2.45, 2.75) is 39.4 Å². The van der Waals surface area contributed by atoms with Crippen LogP contribution in [0.15, 0.2) is 18.2 Å². The van der Waals surface area contributed by atoms with Gasteiger partial charge >= 0.3 is 0 Å². The molecule has 1 aromatic rings. The van der Waals surface area contributed by atoms with Gasteiger partial charge in [0.2, 0.25) is 5.91 Å². The fourth-order valence-electron chi connectivity index (χ4n) is 2.91. The maximum atomic E-state index is 12.6. The zero-order valence-electron chi connectivity index (χ0n) is 13.8. The minimum absolute atomic E-state index is 0.00278. The predicted molar refractivity (Wildman–Crippen MR) is 86.1 cm³/mol. The summed E-state index contributed by atoms with van der Waals surface area (Å²) in [6.07, 6.45) is 0.835. The van der Waals surface area contributed by atoms with Crippen LogP contribution in [0.2, 0.25) is 0 Å². The number of hydrogen-bond donors (Lipinski definition) is 1. The van der Waals surface area contributed by atoms with Gasteiger partial charge in [0.15, 0.2) is 0 Å². The number of amides is 1. The van der Waals surface area contributed by atoms with Crippen molar-refractivity contribution < 1.29 is 4.79 Å². The van der Waals surface area contributed by atoms with Gasteiger partial charge in [-0.1, -0.05) is 30.7 Å². The Kier molecular flexibility index (Phi) is 5.01. The number of nitrogens with zero attached hydrogens (tertiary/aromatic N) is 2. The first-order valence-electron chi connectivity index (χ1n) is 7.72. The van der Waals surface area contributed by atoms with Gasteiger partial charge in [0.05, 0.1) is 6.04 Å². The summed E-state index contributed by atoms with van der Waals surface area (Å²) in [6.45, 7) is 7.92. The lowest BCUT2D eigenvalue weighted by molar-refractivity contribution is -0.130. The summed E-state index contributed by atoms with van der Waals surface area (Å²) in [5.41, 5.74) is 3.71. The molecule has 1 saturated heterocycles. The van der Waals surface area contributed by atoms with E-state index in [4.69, 9.17) is 0 Å². The first kappa shape index (κ1) is 16.0. The molecule has 0 bridgehead atoms. The summed E-state index contributed by atoms with van der Waals surface area (Å²) < 4.78 is 0. The van der Waals surface area contributed by atoms with Gasteiger partial charge in [-0.05, 0) is 45.5 Å². The van der Waals surface area contributed by atoms with Crippen LogP contribution in [0.25, 0.3) is 0 Å². The first-order valence-corrected chi connectivity index (χ1v) is 7.72. The van der Waals surface area contributed by atoms with Crippen LogP contribution in [0.3, 0.4) is 0 Å². The highest BCUT2D eigenvalue weighted by Gasteiger charge is 2.38. The summed E-state index contributed by atoms with van der Waals surface area (Å²) >= 11 is 0. The van der Waals surface area contributed by atoms with Crippen molar-refractivity contribution in [3.05, 3.63) is 34.9 Å². The van der Waals surface area contributed by atoms with Crippen molar-refractivity contribution in [3.63, 3.8) is 0 Å². The summed E-state index contributed by atoms with van der Waals surface area (Å²) in [4.78, 5) is 16.7. The van der Waals surface area contributed by atoms with Gasteiger partial charge < -0.3 is 9.80 Å². The van der Waals surface area contributed by atoms with Crippen LogP contribution < -0.4 is 5.32 Å². The van der Waals surface area contributed by atoms with Crippen molar-refractivity contribution in [2.75, 3.05) is 27.2 Å². The minimum atomic E-state index is -0.0575. The van der Waals surface area contributed by atoms with Crippen molar-refractivity contribution in [1.29, 1.82) is 0 Å². The van der Waals surface area contributed by atoms with Crippen LogP contribution >= 0.6 is 0 Å². The van der Waals surface area contributed by atoms with Gasteiger partial charge in [0, 0.05) is 13.1 Å². The Morgan fingerprint density at radius 1 is 1.29 bits per heavy atom. The third kappa shape index (κ3) is 3.44. The number of likely N-dealkylation sites (N-methyl/N-ethyl adjacent to an activating group) is 1. The Labute approximate surface area is 128 Å². The molecular formula is C17H27N3O. The van der Waals surface area contributed by atoms with E-state index in [1.165, 1.54) is 16.7 Å². The molecule has 0 aromatic heterocycles. The van der Waals surface area contributed by atoms with E-state index < -0.39 is 0 Å². The molecule has 1 aliphatic heterocycles. The lowest BCUT2D eigenvalue weighted by atomic mass is 10.0. The maximum Gasteiger partial charge on any atom is 0.241 e. The molecule has 1 aromatic carbocycles. The average Bonchev–Trinajstić information content (AvgIpc) is 2.73. The Hall–Kier alpha value is -1.39. The van der Waals surface area contributed by atoms with E-state index in [2.05, 4.69) is 49.2 Å². The highest BCUT2D eigenvalue weighted by Crippen LogP contribution is 2.28. The minimum Gasteiger partial charge on any atom is -0.320 e. The molecule has 4 heteroatoms. The average molecular weight is 289 g/mol. The van der Waals surface area contributed by atoms with E-state index in [-0.39, 0.29) is 18.1 Å². The Bertz CT molecular complexity index is 513. The molecular weight excluding hydrogens is 262 g/mol. The maximum absolute atomic E-state index is 12.6. The summed E-state index contributed by atoms with van der Waals surface area (Å²) in [7, 11) is 4.08. The SMILES string of the molecule is CCC1NC(c2ccc(C)cc2C)N(CCN(C)C)C1=O. The highest BCUT2D eigenvalue weighted by molar-refractivity contribution is 5.84. The second-order valence-corrected chi connectivity index (χ2v) is 6.22. The van der Waals surface area contributed by atoms with Gasteiger partial charge in [0.1, 0.15) is 6.17 Å². The van der Waals surface area contributed by atoms with Crippen LogP contribution in [0, 0.1) is 13.8 Å². The predicted octanol–water partition coefficient (Wildman–Crippen LogP) is 2.07. The lowest BCUT2D eigenvalue weighted by Gasteiger charge is -2.27. The molecule has 0 aliphatic carbocycles. The zero-order chi connectivity index (χ0) is 15.6. The van der Waals surface area contributed by atoms with Gasteiger partial charge in [-0.25, -0.2) is 0 Å². The van der Waals surface area contributed by atoms with Crippen LogP contribution in [0.5, 0.6) is 0 Å². The van der Waals surface area contributed by atoms with E-state index in [1.54, 1.807) is 0 Å². The van der Waals surface area contributed by atoms with Crippen LogP contribution in [0.4, 0.5) is 0 Å². The largest absolute Gasteiger partial charge is 0.320 e. The fourth-order valence-corrected chi connectivity index (χ4v) is 2.91. The van der Waals surface area contributed by atoms with Gasteiger partial charge in [-0.3, -0.25) is 10.1 Å². The first-order chi connectivity index (χ1) is 9.93. The van der Waals surface area contributed by atoms with Crippen molar-refractivity contribution in [1.82, 2.24) is 15.1 Å². The Morgan fingerprint density at radius 3 is 2.57 bits per heavy atom. The van der Waals surface area contributed by atoms with E-state index in [1.807, 2.05) is 19.0 Å². The molecule has 116 valence electrons. The Balaban J connectivity index is 2.27. The molecule has 2 rings (SSSR count). The van der Waals surface area contributed by atoms with E-state index in [0.717, 1.165) is 19.5 Å². The lowest BCUT2D eigenvalue weighted by Crippen LogP contribution is -2.36. The number of nitrogens with one attached hydrogen (secondary N) is 1. The number of carbonyl (C=O) groups excluding carboxylic acids is 1. The van der Waals surface area contributed by atoms with Crippen molar-refractivity contribution >= 4 is 5.91 Å². The van der Waals surface area contributed by atoms with Gasteiger partial charge in [0.25, 0.3) is 0 Å². The van der Waals surface area contributed by atoms with Crippen LogP contribution in [0.1, 0.15) is 36.2 Å². The second kappa shape index (κ2) is 6.58. The quantitative estimate of drug-likeness (QED) is 0.901. The van der Waals surface area contributed by atoms with Crippen molar-refractivity contribution in [2.24, 2.45) is 0 Å². The normalized spacial score (nSPS) is 22.4. The molecule has 1 amide bonds. The smallest absolute Gasteiger partial charge is 0.241 e. The monoisotopic (exact) mass is 289 g/mol. The summed E-state index contributed by atoms with van der Waals surface area (Å²) in [5, 5.41) is 3.50. The van der Waals surface area contributed by atoms with E-state index in [9.17, 15) is 4.79 Å². The molecule has 2 atom stereocenters. The molecule has 0 spiro atoms. The third-order valence-electron chi connectivity index (χ3n) is 4.17. The molecule has 4 nitrogen and oxygen atoms in total. The topological polar surface area (TPSA) is 35.6 Å². The number of rotatable bonds is 5. The zero-order valence-corrected chi connectivity index (χ0v) is 13.8. The van der Waals surface area contributed by atoms with Gasteiger partial charge in [-0.15, -0.1) is 0 Å². The fraction of sp³-hybridized carbons (Fsp3) is 0.588. The molecule has 0 saturated carbocycles. The van der Waals surface area contributed by atoms with Gasteiger partial charge in [-0.2, -0.15) is 0 Å². The number of hydrogen-bond acceptors (Lipinski definition) is 3. The summed E-state index contributed by atoms with van der Waals surface area (Å²) in [5.74, 6) is 0.226. The summed E-state index contributed by atoms with van der Waals surface area (Å²) in [6, 6.07) is 6.40. The third-order valence-corrected chi connectivity index (χ3v) is 4.17. The van der Waals surface area contributed by atoms with Crippen molar-refractivity contribution in [3.8, 4) is 0 Å². The molecule has 0 radical (unpaired) electrons. The van der Waals surface area contributed by atoms with E-state index >= 15 is 0 Å².